The van der Waals surface area contributed by atoms with Crippen molar-refractivity contribution in [3.05, 3.63) is 107 Å². The van der Waals surface area contributed by atoms with Crippen LogP contribution in [0.2, 0.25) is 0 Å². The summed E-state index contributed by atoms with van der Waals surface area (Å²) in [6.07, 6.45) is 0. The number of thiophene rings is 6. The molecule has 0 aliphatic heterocycles. The van der Waals surface area contributed by atoms with Gasteiger partial charge in [0.15, 0.2) is 0 Å². The number of aryl methyl sites for hydroxylation is 2. The molecule has 0 amide bonds. The van der Waals surface area contributed by atoms with Gasteiger partial charge in [0.2, 0.25) is 0 Å². The van der Waals surface area contributed by atoms with E-state index in [-0.39, 0.29) is 0 Å². The van der Waals surface area contributed by atoms with Gasteiger partial charge in [-0.1, -0.05) is 0 Å². The SMILES string of the molecule is Cc1ccc(-c2c3ccc(ccc4ccc(s4)c(-c4ccc(C)s4)c4ccc(ccc5ccc2s5)s4)s3)s1. The molecule has 0 radical (unpaired) electrons. The van der Waals surface area contributed by atoms with Crippen LogP contribution in [0.25, 0.3) is 58.5 Å². The molecule has 0 spiro atoms. The minimum Gasteiger partial charge on any atom is -0.141 e. The van der Waals surface area contributed by atoms with Crippen molar-refractivity contribution >= 4 is 106 Å². The number of hydrogen-bond acceptors (Lipinski definition) is 6. The highest BCUT2D eigenvalue weighted by atomic mass is 32.1. The molecule has 0 aliphatic carbocycles. The molecule has 8 bridgehead atoms. The lowest BCUT2D eigenvalue weighted by Crippen LogP contribution is -1.67. The summed E-state index contributed by atoms with van der Waals surface area (Å²) in [6, 6.07) is 36.3. The van der Waals surface area contributed by atoms with E-state index in [2.05, 4.69) is 111 Å². The zero-order chi connectivity index (χ0) is 25.6. The molecule has 0 aromatic carbocycles. The molecule has 0 saturated heterocycles. The highest BCUT2D eigenvalue weighted by Gasteiger charge is 2.10. The van der Waals surface area contributed by atoms with Gasteiger partial charge in [-0.3, -0.25) is 0 Å². The summed E-state index contributed by atoms with van der Waals surface area (Å²) in [5.74, 6) is 0. The van der Waals surface area contributed by atoms with E-state index in [1.54, 1.807) is 0 Å². The lowest BCUT2D eigenvalue weighted by atomic mass is 10.2. The Balaban J connectivity index is 1.55. The topological polar surface area (TPSA) is 0 Å². The predicted octanol–water partition coefficient (Wildman–Crippen LogP) is 12.9. The van der Waals surface area contributed by atoms with Crippen LogP contribution in [0.1, 0.15) is 9.75 Å². The maximum Gasteiger partial charge on any atom is 0.0377 e. The van der Waals surface area contributed by atoms with Gasteiger partial charge in [0.1, 0.15) is 0 Å². The maximum atomic E-state index is 2.29. The summed E-state index contributed by atoms with van der Waals surface area (Å²) >= 11 is 11.2. The molecular weight excluding hydrogens is 577 g/mol. The maximum absolute atomic E-state index is 2.29. The molecule has 0 N–H and O–H groups in total. The first-order chi connectivity index (χ1) is 18.6. The Morgan fingerprint density at radius 1 is 0.316 bits per heavy atom. The molecule has 0 saturated carbocycles. The van der Waals surface area contributed by atoms with Crippen molar-refractivity contribution in [1.29, 1.82) is 0 Å². The van der Waals surface area contributed by atoms with Crippen molar-refractivity contribution in [3.8, 4) is 20.9 Å². The fourth-order valence-electron chi connectivity index (χ4n) is 4.50. The van der Waals surface area contributed by atoms with E-state index in [9.17, 15) is 0 Å². The predicted molar refractivity (Wildman–Crippen MR) is 179 cm³/mol. The van der Waals surface area contributed by atoms with Gasteiger partial charge >= 0.3 is 0 Å². The summed E-state index contributed by atoms with van der Waals surface area (Å²) in [5.41, 5.74) is 2.70. The van der Waals surface area contributed by atoms with Crippen molar-refractivity contribution < 1.29 is 0 Å². The summed E-state index contributed by atoms with van der Waals surface area (Å²) < 4.78 is 10.4. The van der Waals surface area contributed by atoms with Gasteiger partial charge in [0.25, 0.3) is 0 Å². The third-order valence-corrected chi connectivity index (χ3v) is 12.6. The van der Waals surface area contributed by atoms with Gasteiger partial charge in [-0.25, -0.2) is 0 Å². The number of fused-ring (bicyclic) bond motifs is 8. The van der Waals surface area contributed by atoms with E-state index in [1.807, 2.05) is 68.0 Å². The summed E-state index contributed by atoms with van der Waals surface area (Å²) in [7, 11) is 0. The zero-order valence-electron chi connectivity index (χ0n) is 20.7. The monoisotopic (exact) mass is 598 g/mol. The second-order valence-electron chi connectivity index (χ2n) is 9.05. The first-order valence-corrected chi connectivity index (χ1v) is 17.1. The summed E-state index contributed by atoms with van der Waals surface area (Å²) in [6.45, 7) is 4.38. The van der Waals surface area contributed by atoms with Crippen LogP contribution in [-0.2, 0) is 0 Å². The zero-order valence-corrected chi connectivity index (χ0v) is 25.6. The second-order valence-corrected chi connectivity index (χ2v) is 16.1. The first-order valence-electron chi connectivity index (χ1n) is 12.2. The minimum atomic E-state index is 1.28. The molecule has 7 rings (SSSR count). The first kappa shape index (κ1) is 24.5. The van der Waals surface area contributed by atoms with Crippen LogP contribution in [-0.4, -0.2) is 0 Å². The normalized spacial score (nSPS) is 11.4. The average molecular weight is 599 g/mol. The van der Waals surface area contributed by atoms with Crippen LogP contribution in [0.4, 0.5) is 0 Å². The quantitative estimate of drug-likeness (QED) is 0.186. The summed E-state index contributed by atoms with van der Waals surface area (Å²) in [5, 5.41) is 0. The van der Waals surface area contributed by atoms with E-state index in [0.29, 0.717) is 0 Å². The van der Waals surface area contributed by atoms with Crippen molar-refractivity contribution in [2.45, 2.75) is 13.8 Å². The summed E-state index contributed by atoms with van der Waals surface area (Å²) in [4.78, 5) is 5.36. The fourth-order valence-corrected chi connectivity index (χ4v) is 10.7. The van der Waals surface area contributed by atoms with Crippen molar-refractivity contribution in [1.82, 2.24) is 0 Å². The van der Waals surface area contributed by atoms with Crippen molar-refractivity contribution in [2.75, 3.05) is 0 Å². The third-order valence-electron chi connectivity index (χ3n) is 6.29. The molecular formula is C32H22S6. The third kappa shape index (κ3) is 4.81. The molecule has 38 heavy (non-hydrogen) atoms. The molecule has 6 heteroatoms. The fraction of sp³-hybridized carbons (Fsp3) is 0.0625. The molecule has 0 fully saturated rings. The van der Waals surface area contributed by atoms with E-state index in [1.165, 1.54) is 68.2 Å². The van der Waals surface area contributed by atoms with Crippen LogP contribution in [0.5, 0.6) is 0 Å². The van der Waals surface area contributed by atoms with E-state index < -0.39 is 0 Å². The molecule has 7 heterocycles. The second kappa shape index (κ2) is 10.2. The lowest BCUT2D eigenvalue weighted by molar-refractivity contribution is 1.64. The van der Waals surface area contributed by atoms with Crippen molar-refractivity contribution in [2.24, 2.45) is 0 Å². The molecule has 0 aliphatic rings. The van der Waals surface area contributed by atoms with Gasteiger partial charge in [0, 0.05) is 68.2 Å². The Labute approximate surface area is 245 Å². The van der Waals surface area contributed by atoms with Gasteiger partial charge in [-0.15, -0.1) is 68.0 Å². The minimum absolute atomic E-state index is 1.28. The van der Waals surface area contributed by atoms with Gasteiger partial charge < -0.3 is 0 Å². The van der Waals surface area contributed by atoms with Crippen LogP contribution in [0.15, 0.2) is 97.1 Å². The van der Waals surface area contributed by atoms with Crippen LogP contribution in [0.3, 0.4) is 0 Å². The van der Waals surface area contributed by atoms with E-state index >= 15 is 0 Å². The molecule has 186 valence electrons. The largest absolute Gasteiger partial charge is 0.141 e. The highest BCUT2D eigenvalue weighted by Crippen LogP contribution is 2.41. The number of rotatable bonds is 2. The Kier molecular flexibility index (Phi) is 6.56. The molecule has 0 nitrogen and oxygen atoms in total. The van der Waals surface area contributed by atoms with E-state index in [0.717, 1.165) is 0 Å². The Morgan fingerprint density at radius 2 is 0.605 bits per heavy atom. The van der Waals surface area contributed by atoms with Crippen LogP contribution < -0.4 is 0 Å². The van der Waals surface area contributed by atoms with Crippen LogP contribution in [0, 0.1) is 13.8 Å². The Hall–Kier alpha value is -2.58. The molecule has 0 atom stereocenters. The van der Waals surface area contributed by atoms with Gasteiger partial charge in [-0.05, 0) is 111 Å². The van der Waals surface area contributed by atoms with E-state index in [4.69, 9.17) is 0 Å². The smallest absolute Gasteiger partial charge is 0.0377 e. The lowest BCUT2D eigenvalue weighted by Gasteiger charge is -1.97. The van der Waals surface area contributed by atoms with Gasteiger partial charge in [0.05, 0.1) is 0 Å². The highest BCUT2D eigenvalue weighted by molar-refractivity contribution is 7.28. The van der Waals surface area contributed by atoms with Gasteiger partial charge in [-0.2, -0.15) is 0 Å². The Bertz CT molecular complexity index is 1810. The molecule has 7 aromatic heterocycles. The standard InChI is InChI=1S/C32H22S6/c1-19-3-13-25(33-19)31-27-15-9-21(35-27)5-7-23-11-17-29(37-23)32(26-14-4-20(2)34-26)30-18-12-24(38-30)8-6-22-10-16-28(31)36-22/h3-18H,1-2H3. The molecule has 7 aromatic rings. The van der Waals surface area contributed by atoms with Crippen LogP contribution >= 0.6 is 68.0 Å². The average Bonchev–Trinajstić information content (AvgIpc) is 3.72. The molecule has 0 unspecified atom stereocenters. The number of hydrogen-bond donors (Lipinski definition) is 0. The van der Waals surface area contributed by atoms with Crippen molar-refractivity contribution in [3.63, 3.8) is 0 Å². The Morgan fingerprint density at radius 3 is 0.868 bits per heavy atom.